The molecule has 1 aliphatic carbocycles. The fourth-order valence-corrected chi connectivity index (χ4v) is 7.71. The lowest BCUT2D eigenvalue weighted by atomic mass is 9.89. The monoisotopic (exact) mass is 712 g/mol. The molecule has 6 rings (SSSR count). The zero-order valence-corrected chi connectivity index (χ0v) is 27.3. The van der Waals surface area contributed by atoms with Crippen LogP contribution in [-0.2, 0) is 24.1 Å². The molecule has 2 aliphatic rings. The number of halogens is 6. The van der Waals surface area contributed by atoms with Crippen LogP contribution in [0.2, 0.25) is 5.02 Å². The third kappa shape index (κ3) is 6.91. The van der Waals surface area contributed by atoms with Crippen LogP contribution in [0.3, 0.4) is 0 Å². The molecule has 4 aromatic rings. The molecule has 1 aliphatic heterocycles. The Bertz CT molecular complexity index is 1950. The molecule has 0 amide bonds. The topological polar surface area (TPSA) is 107 Å². The number of aryl methyl sites for hydroxylation is 3. The van der Waals surface area contributed by atoms with Crippen molar-refractivity contribution in [1.82, 2.24) is 19.4 Å². The van der Waals surface area contributed by atoms with Crippen molar-refractivity contribution < 1.29 is 41.3 Å². The molecule has 16 heteroatoms. The summed E-state index contributed by atoms with van der Waals surface area (Å²) in [5.41, 5.74) is 3.02. The van der Waals surface area contributed by atoms with Gasteiger partial charge < -0.3 is 9.84 Å². The molecular formula is C32H30ClF5N4O5S. The van der Waals surface area contributed by atoms with Crippen LogP contribution in [-0.4, -0.2) is 74.6 Å². The molecular weight excluding hydrogens is 683 g/mol. The summed E-state index contributed by atoms with van der Waals surface area (Å²) >= 11 is 7.60. The van der Waals surface area contributed by atoms with E-state index in [1.807, 2.05) is 6.07 Å². The van der Waals surface area contributed by atoms with Gasteiger partial charge in [-0.1, -0.05) is 11.6 Å². The number of thiophene rings is 1. The Kier molecular flexibility index (Phi) is 9.26. The average molecular weight is 713 g/mol. The maximum atomic E-state index is 14.7. The minimum atomic E-state index is -5.16. The lowest BCUT2D eigenvalue weighted by molar-refractivity contribution is -0.371. The summed E-state index contributed by atoms with van der Waals surface area (Å²) in [5.74, 6) is -3.88. The third-order valence-corrected chi connectivity index (χ3v) is 9.97. The van der Waals surface area contributed by atoms with Crippen molar-refractivity contribution in [2.24, 2.45) is 0 Å². The molecule has 0 radical (unpaired) electrons. The van der Waals surface area contributed by atoms with Crippen LogP contribution < -0.4 is 10.3 Å². The predicted octanol–water partition coefficient (Wildman–Crippen LogP) is 6.67. The van der Waals surface area contributed by atoms with Gasteiger partial charge in [-0.2, -0.15) is 0 Å². The number of ether oxygens (including phenoxy) is 2. The quantitative estimate of drug-likeness (QED) is 0.202. The first-order chi connectivity index (χ1) is 22.6. The van der Waals surface area contributed by atoms with Crippen molar-refractivity contribution in [3.05, 3.63) is 73.4 Å². The van der Waals surface area contributed by atoms with Crippen molar-refractivity contribution >= 4 is 39.1 Å². The number of benzene rings is 1. The van der Waals surface area contributed by atoms with Gasteiger partial charge in [0.05, 0.1) is 34.6 Å². The molecule has 0 spiro atoms. The smallest absolute Gasteiger partial charge is 0.491 e. The molecule has 3 aromatic heterocycles. The van der Waals surface area contributed by atoms with E-state index in [-0.39, 0.29) is 37.2 Å². The molecule has 0 saturated carbocycles. The molecule has 0 bridgehead atoms. The van der Waals surface area contributed by atoms with Gasteiger partial charge in [-0.3, -0.25) is 24.0 Å². The highest BCUT2D eigenvalue weighted by Crippen LogP contribution is 2.41. The van der Waals surface area contributed by atoms with Crippen LogP contribution in [0.4, 0.5) is 22.0 Å². The minimum Gasteiger partial charge on any atom is -0.491 e. The van der Waals surface area contributed by atoms with E-state index in [2.05, 4.69) is 14.7 Å². The Morgan fingerprint density at radius 3 is 2.65 bits per heavy atom. The maximum absolute atomic E-state index is 14.7. The molecule has 2 atom stereocenters. The second-order valence-electron chi connectivity index (χ2n) is 11.9. The molecule has 1 aromatic carbocycles. The first kappa shape index (κ1) is 34.2. The average Bonchev–Trinajstić information content (AvgIpc) is 3.43. The summed E-state index contributed by atoms with van der Waals surface area (Å²) in [6, 6.07) is 6.42. The van der Waals surface area contributed by atoms with E-state index in [0.29, 0.717) is 67.7 Å². The van der Waals surface area contributed by atoms with Gasteiger partial charge in [0.2, 0.25) is 0 Å². The van der Waals surface area contributed by atoms with E-state index < -0.39 is 43.4 Å². The lowest BCUT2D eigenvalue weighted by Gasteiger charge is -2.43. The van der Waals surface area contributed by atoms with E-state index in [4.69, 9.17) is 16.3 Å². The number of fused-ring (bicyclic) bond motifs is 2. The summed E-state index contributed by atoms with van der Waals surface area (Å²) in [6.45, 7) is 2.70. The second-order valence-corrected chi connectivity index (χ2v) is 13.3. The highest BCUT2D eigenvalue weighted by atomic mass is 35.5. The molecule has 1 fully saturated rings. The number of aromatic carboxylic acids is 1. The maximum Gasteiger partial charge on any atom is 0.522 e. The van der Waals surface area contributed by atoms with Crippen LogP contribution in [0, 0.1) is 13.8 Å². The number of carboxylic acids is 1. The SMILES string of the molecule is Cc1cc(-c2cc(Cl)ccc2OCCn2c(C)nc3c(c2=O)C[C@H](N2CC[C@@H](OC(F)(F)F)C(F)(F)C2)CC3)c2scc(C(=O)O)c2n1. The minimum absolute atomic E-state index is 0.0204. The number of pyridine rings is 1. The molecule has 9 nitrogen and oxygen atoms in total. The van der Waals surface area contributed by atoms with E-state index in [0.717, 1.165) is 0 Å². The number of hydrogen-bond donors (Lipinski definition) is 1. The summed E-state index contributed by atoms with van der Waals surface area (Å²) < 4.78 is 79.3. The van der Waals surface area contributed by atoms with Gasteiger partial charge >= 0.3 is 12.3 Å². The summed E-state index contributed by atoms with van der Waals surface area (Å²) in [4.78, 5) is 36.0. The second kappa shape index (κ2) is 13.0. The number of piperidine rings is 1. The molecule has 1 saturated heterocycles. The lowest BCUT2D eigenvalue weighted by Crippen LogP contribution is -2.57. The number of aromatic nitrogens is 3. The number of nitrogens with zero attached hydrogens (tertiary/aromatic N) is 4. The van der Waals surface area contributed by atoms with Crippen LogP contribution >= 0.6 is 22.9 Å². The molecule has 4 heterocycles. The van der Waals surface area contributed by atoms with E-state index in [9.17, 15) is 36.6 Å². The van der Waals surface area contributed by atoms with Crippen molar-refractivity contribution in [3.8, 4) is 16.9 Å². The van der Waals surface area contributed by atoms with E-state index in [1.165, 1.54) is 26.2 Å². The van der Waals surface area contributed by atoms with Gasteiger partial charge in [0.25, 0.3) is 11.5 Å². The van der Waals surface area contributed by atoms with Gasteiger partial charge in [-0.25, -0.2) is 18.6 Å². The van der Waals surface area contributed by atoms with E-state index >= 15 is 0 Å². The fraction of sp³-hybridized carbons (Fsp3) is 0.438. The van der Waals surface area contributed by atoms with Gasteiger partial charge in [0, 0.05) is 45.4 Å². The van der Waals surface area contributed by atoms with E-state index in [1.54, 1.807) is 32.0 Å². The third-order valence-electron chi connectivity index (χ3n) is 8.73. The predicted molar refractivity (Wildman–Crippen MR) is 168 cm³/mol. The number of alkyl halides is 5. The first-order valence-corrected chi connectivity index (χ1v) is 16.4. The number of carbonyl (C=O) groups is 1. The van der Waals surface area contributed by atoms with Gasteiger partial charge in [-0.15, -0.1) is 24.5 Å². The number of carboxylic acid groups (broad SMARTS) is 1. The Labute approximate surface area is 279 Å². The van der Waals surface area contributed by atoms with Gasteiger partial charge in [0.15, 0.2) is 0 Å². The summed E-state index contributed by atoms with van der Waals surface area (Å²) in [7, 11) is 0. The zero-order chi connectivity index (χ0) is 34.5. The molecule has 256 valence electrons. The van der Waals surface area contributed by atoms with Crippen molar-refractivity contribution in [2.45, 2.75) is 70.5 Å². The van der Waals surface area contributed by atoms with Crippen molar-refractivity contribution in [2.75, 3.05) is 19.7 Å². The van der Waals surface area contributed by atoms with Gasteiger partial charge in [-0.05, 0) is 63.8 Å². The normalized spacial score (nSPS) is 19.8. The highest BCUT2D eigenvalue weighted by molar-refractivity contribution is 7.18. The van der Waals surface area contributed by atoms with Crippen LogP contribution in [0.25, 0.3) is 21.3 Å². The Balaban J connectivity index is 1.20. The highest BCUT2D eigenvalue weighted by Gasteiger charge is 2.51. The summed E-state index contributed by atoms with van der Waals surface area (Å²) in [6.07, 6.45) is -6.96. The Hall–Kier alpha value is -3.66. The fourth-order valence-electron chi connectivity index (χ4n) is 6.52. The summed E-state index contributed by atoms with van der Waals surface area (Å²) in [5, 5.41) is 11.6. The largest absolute Gasteiger partial charge is 0.522 e. The van der Waals surface area contributed by atoms with Crippen LogP contribution in [0.1, 0.15) is 46.0 Å². The first-order valence-electron chi connectivity index (χ1n) is 15.1. The molecule has 0 unspecified atom stereocenters. The molecule has 48 heavy (non-hydrogen) atoms. The van der Waals surface area contributed by atoms with Crippen molar-refractivity contribution in [3.63, 3.8) is 0 Å². The Morgan fingerprint density at radius 1 is 1.17 bits per heavy atom. The number of rotatable bonds is 8. The Morgan fingerprint density at radius 2 is 1.94 bits per heavy atom. The standard InChI is InChI=1S/C32H30ClF5N4O5S/c1-16-11-21(28-27(39-16)23(14-48-28)30(44)45)20-12-18(33)3-6-25(20)46-10-9-42-17(2)40-24-5-4-19(13-22(24)29(42)43)41-8-7-26(31(34,35)15-41)47-32(36,37)38/h3,6,11-12,14,19,26H,4-5,7-10,13,15H2,1-2H3,(H,44,45)/t19-,26-/m1/s1. The zero-order valence-electron chi connectivity index (χ0n) is 25.7. The van der Waals surface area contributed by atoms with Crippen LogP contribution in [0.15, 0.2) is 34.4 Å². The van der Waals surface area contributed by atoms with Crippen LogP contribution in [0.5, 0.6) is 5.75 Å². The van der Waals surface area contributed by atoms with Gasteiger partial charge in [0.1, 0.15) is 24.3 Å². The number of likely N-dealkylation sites (tertiary alicyclic amines) is 1. The van der Waals surface area contributed by atoms with Crippen molar-refractivity contribution in [1.29, 1.82) is 0 Å². The number of hydrogen-bond acceptors (Lipinski definition) is 8. The molecule has 1 N–H and O–H groups in total.